The van der Waals surface area contributed by atoms with E-state index in [-0.39, 0.29) is 5.56 Å². The molecule has 0 spiro atoms. The van der Waals surface area contributed by atoms with Gasteiger partial charge in [-0.1, -0.05) is 18.7 Å². The van der Waals surface area contributed by atoms with Crippen molar-refractivity contribution in [3.63, 3.8) is 0 Å². The fourth-order valence-corrected chi connectivity index (χ4v) is 6.52. The van der Waals surface area contributed by atoms with Crippen LogP contribution in [0.3, 0.4) is 0 Å². The van der Waals surface area contributed by atoms with Crippen LogP contribution in [-0.4, -0.2) is 19.9 Å². The minimum Gasteiger partial charge on any atom is -0.309 e. The summed E-state index contributed by atoms with van der Waals surface area (Å²) < 4.78 is 0.684. The summed E-state index contributed by atoms with van der Waals surface area (Å²) in [7, 11) is 0. The molecule has 8 heteroatoms. The van der Waals surface area contributed by atoms with Crippen molar-refractivity contribution in [2.75, 3.05) is 0 Å². The Hall–Kier alpha value is -1.77. The van der Waals surface area contributed by atoms with Crippen LogP contribution in [0.15, 0.2) is 27.6 Å². The molecule has 0 amide bonds. The summed E-state index contributed by atoms with van der Waals surface area (Å²) in [6.45, 7) is 2.32. The number of nitrogens with zero attached hydrogens (tertiary/aromatic N) is 3. The van der Waals surface area contributed by atoms with Gasteiger partial charge in [0.05, 0.1) is 11.3 Å². The zero-order valence-electron chi connectivity index (χ0n) is 14.1. The highest BCUT2D eigenvalue weighted by Gasteiger charge is 2.23. The van der Waals surface area contributed by atoms with Crippen molar-refractivity contribution in [3.05, 3.63) is 44.4 Å². The highest BCUT2D eigenvalue weighted by molar-refractivity contribution is 7.98. The normalized spacial score (nSPS) is 17.0. The van der Waals surface area contributed by atoms with Crippen LogP contribution < -0.4 is 5.56 Å². The number of aromatic nitrogens is 4. The van der Waals surface area contributed by atoms with Crippen LogP contribution in [0, 0.1) is 5.92 Å². The highest BCUT2D eigenvalue weighted by Crippen LogP contribution is 2.40. The molecule has 26 heavy (non-hydrogen) atoms. The van der Waals surface area contributed by atoms with Crippen molar-refractivity contribution >= 4 is 54.9 Å². The van der Waals surface area contributed by atoms with Crippen molar-refractivity contribution in [2.45, 2.75) is 37.0 Å². The standard InChI is InChI=1S/C18H16N4OS3/c1-9-2-3-10-12(6-9)26-18-14(10)17(19-8-20-18)25-7-13-21-11-4-5-24-15(11)16(23)22-13/h4-5,8-9H,2-3,6-7H2,1H3,(H,21,22,23)/t9-/m0/s1. The lowest BCUT2D eigenvalue weighted by Crippen LogP contribution is -2.09. The van der Waals surface area contributed by atoms with Gasteiger partial charge in [-0.25, -0.2) is 15.0 Å². The number of thiophene rings is 2. The van der Waals surface area contributed by atoms with Crippen LogP contribution in [0.5, 0.6) is 0 Å². The van der Waals surface area contributed by atoms with Crippen molar-refractivity contribution in [3.8, 4) is 0 Å². The minimum atomic E-state index is -0.0599. The Labute approximate surface area is 161 Å². The van der Waals surface area contributed by atoms with E-state index in [2.05, 4.69) is 26.9 Å². The molecule has 1 N–H and O–H groups in total. The van der Waals surface area contributed by atoms with Crippen LogP contribution in [0.25, 0.3) is 20.4 Å². The third kappa shape index (κ3) is 2.76. The number of nitrogens with one attached hydrogen (secondary N) is 1. The van der Waals surface area contributed by atoms with E-state index < -0.39 is 0 Å². The number of hydrogen-bond acceptors (Lipinski definition) is 7. The number of fused-ring (bicyclic) bond motifs is 4. The molecule has 4 aromatic heterocycles. The van der Waals surface area contributed by atoms with Crippen molar-refractivity contribution < 1.29 is 0 Å². The topological polar surface area (TPSA) is 71.5 Å². The summed E-state index contributed by atoms with van der Waals surface area (Å²) in [5.41, 5.74) is 2.14. The molecule has 5 rings (SSSR count). The first-order valence-electron chi connectivity index (χ1n) is 8.53. The summed E-state index contributed by atoms with van der Waals surface area (Å²) in [5, 5.41) is 4.11. The lowest BCUT2D eigenvalue weighted by atomic mass is 9.89. The maximum Gasteiger partial charge on any atom is 0.268 e. The van der Waals surface area contributed by atoms with Gasteiger partial charge < -0.3 is 4.98 Å². The average Bonchev–Trinajstić information content (AvgIpc) is 3.23. The number of H-pyrrole nitrogens is 1. The number of aromatic amines is 1. The molecule has 1 atom stereocenters. The van der Waals surface area contributed by atoms with E-state index in [0.717, 1.165) is 34.1 Å². The second-order valence-corrected chi connectivity index (χ2v) is 9.61. The molecule has 4 heterocycles. The molecule has 1 aliphatic rings. The van der Waals surface area contributed by atoms with Gasteiger partial charge in [-0.3, -0.25) is 4.79 Å². The summed E-state index contributed by atoms with van der Waals surface area (Å²) in [6, 6.07) is 1.89. The Morgan fingerprint density at radius 2 is 2.31 bits per heavy atom. The number of aryl methyl sites for hydroxylation is 1. The van der Waals surface area contributed by atoms with Gasteiger partial charge in [0.1, 0.15) is 26.7 Å². The third-order valence-electron chi connectivity index (χ3n) is 4.77. The molecule has 0 radical (unpaired) electrons. The number of rotatable bonds is 3. The van der Waals surface area contributed by atoms with Gasteiger partial charge in [-0.05, 0) is 42.2 Å². The quantitative estimate of drug-likeness (QED) is 0.407. The molecule has 4 aromatic rings. The lowest BCUT2D eigenvalue weighted by Gasteiger charge is -2.18. The van der Waals surface area contributed by atoms with Gasteiger partial charge in [0.25, 0.3) is 5.56 Å². The molecular formula is C18H16N4OS3. The first kappa shape index (κ1) is 16.4. The molecular weight excluding hydrogens is 384 g/mol. The maximum absolute atomic E-state index is 12.1. The first-order valence-corrected chi connectivity index (χ1v) is 11.2. The highest BCUT2D eigenvalue weighted by atomic mass is 32.2. The number of hydrogen-bond donors (Lipinski definition) is 1. The summed E-state index contributed by atoms with van der Waals surface area (Å²) >= 11 is 4.86. The van der Waals surface area contributed by atoms with E-state index >= 15 is 0 Å². The third-order valence-corrected chi connectivity index (χ3v) is 7.83. The van der Waals surface area contributed by atoms with Crippen LogP contribution in [-0.2, 0) is 18.6 Å². The molecule has 0 aromatic carbocycles. The predicted molar refractivity (Wildman–Crippen MR) is 108 cm³/mol. The Balaban J connectivity index is 1.50. The van der Waals surface area contributed by atoms with Crippen LogP contribution in [0.1, 0.15) is 29.6 Å². The molecule has 0 fully saturated rings. The van der Waals surface area contributed by atoms with Crippen molar-refractivity contribution in [1.82, 2.24) is 19.9 Å². The van der Waals surface area contributed by atoms with Crippen molar-refractivity contribution in [2.24, 2.45) is 5.92 Å². The van der Waals surface area contributed by atoms with Gasteiger partial charge in [0, 0.05) is 10.3 Å². The van der Waals surface area contributed by atoms with E-state index in [1.54, 1.807) is 18.1 Å². The maximum atomic E-state index is 12.1. The summed E-state index contributed by atoms with van der Waals surface area (Å²) in [6.07, 6.45) is 5.12. The van der Waals surface area contributed by atoms with Crippen LogP contribution in [0.4, 0.5) is 0 Å². The second kappa shape index (κ2) is 6.44. The summed E-state index contributed by atoms with van der Waals surface area (Å²) in [4.78, 5) is 31.2. The predicted octanol–water partition coefficient (Wildman–Crippen LogP) is 4.41. The SMILES string of the molecule is C[C@H]1CCc2c(sc3ncnc(SCc4nc5ccsc5c(=O)[nH]4)c23)C1. The number of thioether (sulfide) groups is 1. The van der Waals surface area contributed by atoms with E-state index in [9.17, 15) is 4.79 Å². The monoisotopic (exact) mass is 400 g/mol. The fraction of sp³-hybridized carbons (Fsp3) is 0.333. The fourth-order valence-electron chi connectivity index (χ4n) is 3.48. The first-order chi connectivity index (χ1) is 12.7. The molecule has 0 bridgehead atoms. The van der Waals surface area contributed by atoms with Crippen LogP contribution in [0.2, 0.25) is 0 Å². The van der Waals surface area contributed by atoms with Gasteiger partial charge in [-0.15, -0.1) is 22.7 Å². The van der Waals surface area contributed by atoms with Crippen LogP contribution >= 0.6 is 34.4 Å². The molecule has 0 unspecified atom stereocenters. The van der Waals surface area contributed by atoms with E-state index in [4.69, 9.17) is 0 Å². The summed E-state index contributed by atoms with van der Waals surface area (Å²) in [5.74, 6) is 2.02. The van der Waals surface area contributed by atoms with Gasteiger partial charge in [0.15, 0.2) is 0 Å². The van der Waals surface area contributed by atoms with Gasteiger partial charge in [0.2, 0.25) is 0 Å². The van der Waals surface area contributed by atoms with E-state index in [0.29, 0.717) is 16.3 Å². The Morgan fingerprint density at radius 3 is 3.23 bits per heavy atom. The zero-order valence-corrected chi connectivity index (χ0v) is 16.6. The lowest BCUT2D eigenvalue weighted by molar-refractivity contribution is 0.509. The second-order valence-electron chi connectivity index (χ2n) is 6.65. The Morgan fingerprint density at radius 1 is 1.38 bits per heavy atom. The Bertz CT molecular complexity index is 1180. The molecule has 0 saturated heterocycles. The van der Waals surface area contributed by atoms with E-state index in [1.807, 2.05) is 22.8 Å². The zero-order chi connectivity index (χ0) is 17.7. The molecule has 0 saturated carbocycles. The smallest absolute Gasteiger partial charge is 0.268 e. The Kier molecular flexibility index (Phi) is 4.06. The molecule has 132 valence electrons. The average molecular weight is 401 g/mol. The van der Waals surface area contributed by atoms with Gasteiger partial charge in [-0.2, -0.15) is 0 Å². The van der Waals surface area contributed by atoms with E-state index in [1.165, 1.54) is 33.6 Å². The molecule has 5 nitrogen and oxygen atoms in total. The van der Waals surface area contributed by atoms with Crippen molar-refractivity contribution in [1.29, 1.82) is 0 Å². The molecule has 0 aliphatic heterocycles. The van der Waals surface area contributed by atoms with Gasteiger partial charge >= 0.3 is 0 Å². The largest absolute Gasteiger partial charge is 0.309 e. The minimum absolute atomic E-state index is 0.0599. The molecule has 1 aliphatic carbocycles.